The zero-order valence-corrected chi connectivity index (χ0v) is 19.2. The van der Waals surface area contributed by atoms with E-state index in [-0.39, 0.29) is 30.5 Å². The van der Waals surface area contributed by atoms with E-state index in [1.165, 1.54) is 28.6 Å². The quantitative estimate of drug-likeness (QED) is 0.635. The molecule has 0 aliphatic carbocycles. The molecule has 1 aliphatic rings. The number of piperazine rings is 1. The number of rotatable bonds is 6. The van der Waals surface area contributed by atoms with Crippen molar-refractivity contribution < 1.29 is 22.7 Å². The number of hydrogen-bond acceptors (Lipinski definition) is 5. The van der Waals surface area contributed by atoms with Gasteiger partial charge in [-0.15, -0.1) is 0 Å². The molecule has 3 rings (SSSR count). The van der Waals surface area contributed by atoms with Crippen LogP contribution in [0.2, 0.25) is 0 Å². The van der Waals surface area contributed by atoms with Crippen LogP contribution in [0, 0.1) is 13.8 Å². The van der Waals surface area contributed by atoms with Gasteiger partial charge in [-0.1, -0.05) is 0 Å². The molecule has 1 amide bonds. The maximum Gasteiger partial charge on any atom is 0.338 e. The van der Waals surface area contributed by atoms with Gasteiger partial charge in [0.1, 0.15) is 0 Å². The fourth-order valence-electron chi connectivity index (χ4n) is 3.93. The summed E-state index contributed by atoms with van der Waals surface area (Å²) in [5, 5.41) is 0. The Kier molecular flexibility index (Phi) is 6.86. The van der Waals surface area contributed by atoms with Crippen molar-refractivity contribution in [2.45, 2.75) is 39.1 Å². The normalized spacial score (nSPS) is 15.2. The first-order chi connectivity index (χ1) is 14.7. The van der Waals surface area contributed by atoms with Gasteiger partial charge in [-0.3, -0.25) is 4.79 Å². The van der Waals surface area contributed by atoms with Crippen LogP contribution in [0.15, 0.2) is 35.2 Å². The van der Waals surface area contributed by atoms with Gasteiger partial charge in [-0.05, 0) is 58.0 Å². The van der Waals surface area contributed by atoms with Crippen molar-refractivity contribution in [2.24, 2.45) is 0 Å². The Hall–Kier alpha value is -2.65. The topological polar surface area (TPSA) is 88.9 Å². The second kappa shape index (κ2) is 9.23. The monoisotopic (exact) mass is 447 g/mol. The predicted octanol–water partition coefficient (Wildman–Crippen LogP) is 2.45. The highest BCUT2D eigenvalue weighted by atomic mass is 32.2. The fraction of sp³-hybridized carbons (Fsp3) is 0.455. The smallest absolute Gasteiger partial charge is 0.338 e. The third kappa shape index (κ3) is 4.52. The zero-order valence-electron chi connectivity index (χ0n) is 18.4. The molecule has 0 saturated carbocycles. The SMILES string of the molecule is CCOC(=O)c1ccc(S(=O)(=O)N2CCN(C(=O)c3cc(C)n(CC)c3C)CC2)cc1. The van der Waals surface area contributed by atoms with E-state index >= 15 is 0 Å². The molecule has 9 heteroatoms. The van der Waals surface area contributed by atoms with Crippen LogP contribution in [-0.4, -0.2) is 66.9 Å². The van der Waals surface area contributed by atoms with Crippen molar-refractivity contribution in [3.05, 3.63) is 52.8 Å². The van der Waals surface area contributed by atoms with E-state index in [0.29, 0.717) is 24.2 Å². The Morgan fingerprint density at radius 3 is 2.13 bits per heavy atom. The van der Waals surface area contributed by atoms with Crippen LogP contribution in [0.5, 0.6) is 0 Å². The Labute approximate surface area is 183 Å². The Balaban J connectivity index is 1.68. The van der Waals surface area contributed by atoms with Gasteiger partial charge in [0.2, 0.25) is 10.0 Å². The third-order valence-electron chi connectivity index (χ3n) is 5.65. The lowest BCUT2D eigenvalue weighted by Crippen LogP contribution is -2.50. The van der Waals surface area contributed by atoms with Crippen molar-refractivity contribution in [1.29, 1.82) is 0 Å². The molecule has 1 saturated heterocycles. The van der Waals surface area contributed by atoms with Gasteiger partial charge >= 0.3 is 5.97 Å². The number of aryl methyl sites for hydroxylation is 1. The number of benzene rings is 1. The number of amides is 1. The first-order valence-electron chi connectivity index (χ1n) is 10.4. The summed E-state index contributed by atoms with van der Waals surface area (Å²) in [5.74, 6) is -0.551. The molecule has 0 N–H and O–H groups in total. The van der Waals surface area contributed by atoms with E-state index in [9.17, 15) is 18.0 Å². The van der Waals surface area contributed by atoms with Crippen LogP contribution in [-0.2, 0) is 21.3 Å². The molecule has 0 bridgehead atoms. The predicted molar refractivity (Wildman–Crippen MR) is 117 cm³/mol. The number of sulfonamides is 1. The molecule has 0 spiro atoms. The Morgan fingerprint density at radius 2 is 1.61 bits per heavy atom. The van der Waals surface area contributed by atoms with Crippen molar-refractivity contribution >= 4 is 21.9 Å². The lowest BCUT2D eigenvalue weighted by Gasteiger charge is -2.34. The highest BCUT2D eigenvalue weighted by molar-refractivity contribution is 7.89. The number of aromatic nitrogens is 1. The molecule has 1 aromatic heterocycles. The van der Waals surface area contributed by atoms with Crippen LogP contribution in [0.4, 0.5) is 0 Å². The molecular formula is C22H29N3O5S. The Bertz CT molecular complexity index is 1070. The average molecular weight is 448 g/mol. The largest absolute Gasteiger partial charge is 0.462 e. The highest BCUT2D eigenvalue weighted by Crippen LogP contribution is 2.21. The standard InChI is InChI=1S/C22H29N3O5S/c1-5-25-16(3)15-20(17(25)4)21(26)23-11-13-24(14-12-23)31(28,29)19-9-7-18(8-10-19)22(27)30-6-2/h7-10,15H,5-6,11-14H2,1-4H3. The van der Waals surface area contributed by atoms with E-state index in [2.05, 4.69) is 4.57 Å². The number of ether oxygens (including phenoxy) is 1. The van der Waals surface area contributed by atoms with Gasteiger partial charge in [-0.2, -0.15) is 4.31 Å². The second-order valence-corrected chi connectivity index (χ2v) is 9.41. The summed E-state index contributed by atoms with van der Waals surface area (Å²) in [6.45, 7) is 9.82. The molecule has 2 heterocycles. The molecule has 0 atom stereocenters. The number of carbonyl (C=O) groups is 2. The van der Waals surface area contributed by atoms with E-state index in [1.54, 1.807) is 11.8 Å². The molecule has 168 valence electrons. The minimum absolute atomic E-state index is 0.0661. The summed E-state index contributed by atoms with van der Waals surface area (Å²) in [4.78, 5) is 26.6. The average Bonchev–Trinajstić information content (AvgIpc) is 3.06. The lowest BCUT2D eigenvalue weighted by molar-refractivity contribution is 0.0526. The summed E-state index contributed by atoms with van der Waals surface area (Å²) in [7, 11) is -3.71. The molecule has 1 aromatic carbocycles. The van der Waals surface area contributed by atoms with Crippen LogP contribution in [0.25, 0.3) is 0 Å². The number of esters is 1. The van der Waals surface area contributed by atoms with Crippen LogP contribution in [0.3, 0.4) is 0 Å². The van der Waals surface area contributed by atoms with Crippen LogP contribution < -0.4 is 0 Å². The maximum atomic E-state index is 13.0. The summed E-state index contributed by atoms with van der Waals surface area (Å²) >= 11 is 0. The van der Waals surface area contributed by atoms with Crippen molar-refractivity contribution in [1.82, 2.24) is 13.8 Å². The highest BCUT2D eigenvalue weighted by Gasteiger charge is 2.31. The van der Waals surface area contributed by atoms with E-state index < -0.39 is 16.0 Å². The Morgan fingerprint density at radius 1 is 1.00 bits per heavy atom. The third-order valence-corrected chi connectivity index (χ3v) is 7.56. The molecular weight excluding hydrogens is 418 g/mol. The molecule has 1 aliphatic heterocycles. The number of nitrogens with zero attached hydrogens (tertiary/aromatic N) is 3. The molecule has 2 aromatic rings. The van der Waals surface area contributed by atoms with E-state index in [4.69, 9.17) is 4.74 Å². The van der Waals surface area contributed by atoms with Gasteiger partial charge in [0.25, 0.3) is 5.91 Å². The molecule has 8 nitrogen and oxygen atoms in total. The van der Waals surface area contributed by atoms with Gasteiger partial charge in [0.15, 0.2) is 0 Å². The van der Waals surface area contributed by atoms with E-state index in [0.717, 1.165) is 17.9 Å². The zero-order chi connectivity index (χ0) is 22.8. The first kappa shape index (κ1) is 23.0. The van der Waals surface area contributed by atoms with E-state index in [1.807, 2.05) is 26.8 Å². The summed E-state index contributed by atoms with van der Waals surface area (Å²) < 4.78 is 34.4. The summed E-state index contributed by atoms with van der Waals surface area (Å²) in [6.07, 6.45) is 0. The number of hydrogen-bond donors (Lipinski definition) is 0. The first-order valence-corrected chi connectivity index (χ1v) is 11.9. The van der Waals surface area contributed by atoms with Gasteiger partial charge in [0, 0.05) is 44.1 Å². The molecule has 31 heavy (non-hydrogen) atoms. The summed E-state index contributed by atoms with van der Waals surface area (Å²) in [5.41, 5.74) is 2.95. The summed E-state index contributed by atoms with van der Waals surface area (Å²) in [6, 6.07) is 7.63. The van der Waals surface area contributed by atoms with Crippen molar-refractivity contribution in [2.75, 3.05) is 32.8 Å². The van der Waals surface area contributed by atoms with Crippen molar-refractivity contribution in [3.63, 3.8) is 0 Å². The minimum Gasteiger partial charge on any atom is -0.462 e. The van der Waals surface area contributed by atoms with Crippen molar-refractivity contribution in [3.8, 4) is 0 Å². The molecule has 0 radical (unpaired) electrons. The molecule has 0 unspecified atom stereocenters. The second-order valence-electron chi connectivity index (χ2n) is 7.47. The van der Waals surface area contributed by atoms with Gasteiger partial charge < -0.3 is 14.2 Å². The maximum absolute atomic E-state index is 13.0. The number of carbonyl (C=O) groups excluding carboxylic acids is 2. The van der Waals surface area contributed by atoms with Crippen LogP contribution in [0.1, 0.15) is 46.0 Å². The van der Waals surface area contributed by atoms with Crippen LogP contribution >= 0.6 is 0 Å². The van der Waals surface area contributed by atoms with Gasteiger partial charge in [-0.25, -0.2) is 13.2 Å². The molecule has 1 fully saturated rings. The van der Waals surface area contributed by atoms with Gasteiger partial charge in [0.05, 0.1) is 22.6 Å². The fourth-order valence-corrected chi connectivity index (χ4v) is 5.35. The minimum atomic E-state index is -3.71. The lowest BCUT2D eigenvalue weighted by atomic mass is 10.2.